The Morgan fingerprint density at radius 1 is 1.20 bits per heavy atom. The summed E-state index contributed by atoms with van der Waals surface area (Å²) in [7, 11) is -3.55. The number of aliphatic hydroxyl groups is 1. The third-order valence-corrected chi connectivity index (χ3v) is 6.07. The summed E-state index contributed by atoms with van der Waals surface area (Å²) in [6.07, 6.45) is 0. The molecule has 2 N–H and O–H groups in total. The summed E-state index contributed by atoms with van der Waals surface area (Å²) >= 11 is 1.08. The Labute approximate surface area is 123 Å². The van der Waals surface area contributed by atoms with Crippen molar-refractivity contribution < 1.29 is 13.5 Å². The first-order chi connectivity index (χ1) is 9.42. The molecule has 0 fully saturated rings. The second-order valence-corrected chi connectivity index (χ2v) is 7.74. The Hall–Kier alpha value is -1.21. The van der Waals surface area contributed by atoms with Crippen molar-refractivity contribution in [2.24, 2.45) is 0 Å². The second-order valence-electron chi connectivity index (χ2n) is 4.63. The van der Waals surface area contributed by atoms with E-state index in [1.165, 1.54) is 6.07 Å². The lowest BCUT2D eigenvalue weighted by Gasteiger charge is -2.14. The van der Waals surface area contributed by atoms with E-state index in [2.05, 4.69) is 4.72 Å². The number of hydrogen-bond donors (Lipinski definition) is 2. The third-order valence-electron chi connectivity index (χ3n) is 2.97. The Balaban J connectivity index is 2.17. The van der Waals surface area contributed by atoms with E-state index in [4.69, 9.17) is 5.11 Å². The van der Waals surface area contributed by atoms with Crippen LogP contribution in [0.1, 0.15) is 29.0 Å². The van der Waals surface area contributed by atoms with E-state index in [0.29, 0.717) is 4.88 Å². The number of benzene rings is 1. The van der Waals surface area contributed by atoms with Crippen molar-refractivity contribution in [3.05, 3.63) is 52.4 Å². The molecule has 0 aliphatic heterocycles. The number of hydrogen-bond acceptors (Lipinski definition) is 4. The van der Waals surface area contributed by atoms with E-state index in [9.17, 15) is 8.42 Å². The van der Waals surface area contributed by atoms with E-state index in [1.807, 2.05) is 38.1 Å². The maximum Gasteiger partial charge on any atom is 0.250 e. The molecule has 0 saturated heterocycles. The third kappa shape index (κ3) is 3.46. The second kappa shape index (κ2) is 6.05. The first-order valence-corrected chi connectivity index (χ1v) is 8.51. The van der Waals surface area contributed by atoms with Gasteiger partial charge in [-0.05, 0) is 31.5 Å². The van der Waals surface area contributed by atoms with Crippen molar-refractivity contribution in [3.8, 4) is 0 Å². The van der Waals surface area contributed by atoms with Gasteiger partial charge in [0.15, 0.2) is 0 Å². The number of sulfonamides is 1. The molecule has 0 aliphatic rings. The highest BCUT2D eigenvalue weighted by atomic mass is 32.2. The minimum absolute atomic E-state index is 0.145. The van der Waals surface area contributed by atoms with Crippen molar-refractivity contribution in [1.29, 1.82) is 0 Å². The van der Waals surface area contributed by atoms with Gasteiger partial charge in [0.1, 0.15) is 4.21 Å². The fourth-order valence-electron chi connectivity index (χ4n) is 1.80. The molecule has 0 bridgehead atoms. The van der Waals surface area contributed by atoms with Crippen LogP contribution in [-0.4, -0.2) is 13.5 Å². The van der Waals surface area contributed by atoms with Gasteiger partial charge in [-0.3, -0.25) is 0 Å². The van der Waals surface area contributed by atoms with Crippen LogP contribution in [0.25, 0.3) is 0 Å². The molecule has 1 heterocycles. The van der Waals surface area contributed by atoms with E-state index in [-0.39, 0.29) is 16.9 Å². The van der Waals surface area contributed by atoms with Crippen LogP contribution in [0.4, 0.5) is 0 Å². The molecule has 0 radical (unpaired) electrons. The zero-order valence-corrected chi connectivity index (χ0v) is 13.0. The first kappa shape index (κ1) is 15.2. The van der Waals surface area contributed by atoms with Crippen LogP contribution in [0.5, 0.6) is 0 Å². The van der Waals surface area contributed by atoms with Gasteiger partial charge >= 0.3 is 0 Å². The number of aryl methyl sites for hydroxylation is 1. The molecule has 0 aliphatic carbocycles. The molecule has 20 heavy (non-hydrogen) atoms. The number of thiophene rings is 1. The molecule has 1 aromatic heterocycles. The average Bonchev–Trinajstić information content (AvgIpc) is 2.88. The van der Waals surface area contributed by atoms with E-state index >= 15 is 0 Å². The minimum Gasteiger partial charge on any atom is -0.391 e. The van der Waals surface area contributed by atoms with Crippen LogP contribution >= 0.6 is 11.3 Å². The van der Waals surface area contributed by atoms with E-state index in [0.717, 1.165) is 22.5 Å². The zero-order chi connectivity index (χ0) is 14.8. The Morgan fingerprint density at radius 2 is 1.85 bits per heavy atom. The highest BCUT2D eigenvalue weighted by Crippen LogP contribution is 2.23. The van der Waals surface area contributed by atoms with Crippen molar-refractivity contribution in [2.45, 2.75) is 30.7 Å². The average molecular weight is 311 g/mol. The summed E-state index contributed by atoms with van der Waals surface area (Å²) in [6, 6.07) is 10.6. The van der Waals surface area contributed by atoms with Crippen molar-refractivity contribution >= 4 is 21.4 Å². The smallest absolute Gasteiger partial charge is 0.250 e. The van der Waals surface area contributed by atoms with Crippen LogP contribution in [-0.2, 0) is 16.6 Å². The van der Waals surface area contributed by atoms with Crippen molar-refractivity contribution in [3.63, 3.8) is 0 Å². The topological polar surface area (TPSA) is 66.4 Å². The predicted molar refractivity (Wildman–Crippen MR) is 80.2 cm³/mol. The van der Waals surface area contributed by atoms with Crippen LogP contribution in [0.15, 0.2) is 40.6 Å². The SMILES string of the molecule is Cc1ccc(C(C)NS(=O)(=O)c2ccc(CO)s2)cc1. The fourth-order valence-corrected chi connectivity index (χ4v) is 4.27. The minimum atomic E-state index is -3.55. The zero-order valence-electron chi connectivity index (χ0n) is 11.3. The first-order valence-electron chi connectivity index (χ1n) is 6.21. The summed E-state index contributed by atoms with van der Waals surface area (Å²) < 4.78 is 27.3. The van der Waals surface area contributed by atoms with Crippen LogP contribution in [0.3, 0.4) is 0 Å². The van der Waals surface area contributed by atoms with Gasteiger partial charge in [-0.1, -0.05) is 29.8 Å². The maximum absolute atomic E-state index is 12.2. The Morgan fingerprint density at radius 3 is 2.40 bits per heavy atom. The van der Waals surface area contributed by atoms with Crippen LogP contribution < -0.4 is 4.72 Å². The van der Waals surface area contributed by atoms with E-state index in [1.54, 1.807) is 6.07 Å². The molecule has 6 heteroatoms. The number of aliphatic hydroxyl groups excluding tert-OH is 1. The summed E-state index contributed by atoms with van der Waals surface area (Å²) in [6.45, 7) is 3.65. The Kier molecular flexibility index (Phi) is 4.59. The van der Waals surface area contributed by atoms with Crippen molar-refractivity contribution in [1.82, 2.24) is 4.72 Å². The summed E-state index contributed by atoms with van der Waals surface area (Å²) in [5.41, 5.74) is 2.05. The summed E-state index contributed by atoms with van der Waals surface area (Å²) in [5, 5.41) is 9.00. The molecule has 1 atom stereocenters. The fraction of sp³-hybridized carbons (Fsp3) is 0.286. The maximum atomic E-state index is 12.2. The lowest BCUT2D eigenvalue weighted by atomic mass is 10.1. The lowest BCUT2D eigenvalue weighted by Crippen LogP contribution is -2.26. The van der Waals surface area contributed by atoms with Crippen molar-refractivity contribution in [2.75, 3.05) is 0 Å². The van der Waals surface area contributed by atoms with Gasteiger partial charge < -0.3 is 5.11 Å². The van der Waals surface area contributed by atoms with Crippen LogP contribution in [0.2, 0.25) is 0 Å². The highest BCUT2D eigenvalue weighted by molar-refractivity contribution is 7.91. The van der Waals surface area contributed by atoms with Gasteiger partial charge in [-0.25, -0.2) is 13.1 Å². The molecular formula is C14H17NO3S2. The summed E-state index contributed by atoms with van der Waals surface area (Å²) in [5.74, 6) is 0. The van der Waals surface area contributed by atoms with Gasteiger partial charge in [0, 0.05) is 10.9 Å². The molecule has 0 spiro atoms. The lowest BCUT2D eigenvalue weighted by molar-refractivity contribution is 0.285. The molecule has 2 aromatic rings. The van der Waals surface area contributed by atoms with Gasteiger partial charge in [0.05, 0.1) is 6.61 Å². The van der Waals surface area contributed by atoms with Gasteiger partial charge in [-0.2, -0.15) is 0 Å². The number of nitrogens with one attached hydrogen (secondary N) is 1. The van der Waals surface area contributed by atoms with Gasteiger partial charge in [0.25, 0.3) is 10.0 Å². The molecular weight excluding hydrogens is 294 g/mol. The van der Waals surface area contributed by atoms with Gasteiger partial charge in [-0.15, -0.1) is 11.3 Å². The molecule has 108 valence electrons. The van der Waals surface area contributed by atoms with Crippen LogP contribution in [0, 0.1) is 6.92 Å². The predicted octanol–water partition coefficient (Wildman–Crippen LogP) is 2.59. The number of rotatable bonds is 5. The summed E-state index contributed by atoms with van der Waals surface area (Å²) in [4.78, 5) is 0.633. The standard InChI is InChI=1S/C14H17NO3S2/c1-10-3-5-12(6-4-10)11(2)15-20(17,18)14-8-7-13(9-16)19-14/h3-8,11,15-16H,9H2,1-2H3. The quantitative estimate of drug-likeness (QED) is 0.892. The van der Waals surface area contributed by atoms with Gasteiger partial charge in [0.2, 0.25) is 0 Å². The molecule has 2 rings (SSSR count). The largest absolute Gasteiger partial charge is 0.391 e. The van der Waals surface area contributed by atoms with E-state index < -0.39 is 10.0 Å². The molecule has 4 nitrogen and oxygen atoms in total. The molecule has 0 amide bonds. The normalized spacial score (nSPS) is 13.3. The monoisotopic (exact) mass is 311 g/mol. The highest BCUT2D eigenvalue weighted by Gasteiger charge is 2.20. The molecule has 0 saturated carbocycles. The Bertz CT molecular complexity index is 675. The molecule has 1 aromatic carbocycles. The molecule has 1 unspecified atom stereocenters.